The highest BCUT2D eigenvalue weighted by Gasteiger charge is 2.33. The summed E-state index contributed by atoms with van der Waals surface area (Å²) >= 11 is 0. The van der Waals surface area contributed by atoms with Crippen LogP contribution in [-0.4, -0.2) is 42.7 Å². The maximum absolute atomic E-state index is 12.9. The van der Waals surface area contributed by atoms with E-state index in [4.69, 9.17) is 4.74 Å². The standard InChI is InChI=1S/C18H18F3N3O2/c19-18(20,21)11-1-4-13-14(9-11)22-6-5-15(13)24-7-8-26-16(10-24)17(25)23-12-2-3-12/h1,4-6,9,12,16H,2-3,7-8,10H2,(H,23,25). The molecule has 0 radical (unpaired) electrons. The fourth-order valence-corrected chi connectivity index (χ4v) is 3.13. The summed E-state index contributed by atoms with van der Waals surface area (Å²) in [7, 11) is 0. The highest BCUT2D eigenvalue weighted by atomic mass is 19.4. The lowest BCUT2D eigenvalue weighted by molar-refractivity contribution is -0.137. The van der Waals surface area contributed by atoms with E-state index in [0.717, 1.165) is 30.7 Å². The molecule has 1 aliphatic carbocycles. The zero-order chi connectivity index (χ0) is 18.3. The molecule has 0 spiro atoms. The lowest BCUT2D eigenvalue weighted by Crippen LogP contribution is -2.50. The molecule has 1 aromatic heterocycles. The fraction of sp³-hybridized carbons (Fsp3) is 0.444. The SMILES string of the molecule is O=C(NC1CC1)C1CN(c2ccnc3cc(C(F)(F)F)ccc23)CCO1. The van der Waals surface area contributed by atoms with Gasteiger partial charge in [0, 0.05) is 29.9 Å². The van der Waals surface area contributed by atoms with Crippen LogP contribution in [0.1, 0.15) is 18.4 Å². The second-order valence-electron chi connectivity index (χ2n) is 6.65. The first-order chi connectivity index (χ1) is 12.4. The number of benzene rings is 1. The number of carbonyl (C=O) groups is 1. The number of hydrogen-bond donors (Lipinski definition) is 1. The van der Waals surface area contributed by atoms with Crippen LogP contribution >= 0.6 is 0 Å². The van der Waals surface area contributed by atoms with Crippen LogP contribution in [0.25, 0.3) is 10.9 Å². The molecule has 1 N–H and O–H groups in total. The number of halogens is 3. The van der Waals surface area contributed by atoms with Gasteiger partial charge in [-0.1, -0.05) is 6.07 Å². The van der Waals surface area contributed by atoms with E-state index in [9.17, 15) is 18.0 Å². The number of fused-ring (bicyclic) bond motifs is 1. The molecule has 1 unspecified atom stereocenters. The van der Waals surface area contributed by atoms with Crippen molar-refractivity contribution in [2.75, 3.05) is 24.6 Å². The number of ether oxygens (including phenoxy) is 1. The third kappa shape index (κ3) is 3.46. The molecule has 1 atom stereocenters. The van der Waals surface area contributed by atoms with E-state index in [1.165, 1.54) is 12.3 Å². The smallest absolute Gasteiger partial charge is 0.365 e. The number of nitrogens with zero attached hydrogens (tertiary/aromatic N) is 2. The van der Waals surface area contributed by atoms with E-state index in [-0.39, 0.29) is 17.5 Å². The van der Waals surface area contributed by atoms with Crippen molar-refractivity contribution in [3.63, 3.8) is 0 Å². The van der Waals surface area contributed by atoms with Gasteiger partial charge in [-0.05, 0) is 31.0 Å². The summed E-state index contributed by atoms with van der Waals surface area (Å²) in [4.78, 5) is 18.3. The molecule has 2 aliphatic rings. The zero-order valence-electron chi connectivity index (χ0n) is 13.9. The van der Waals surface area contributed by atoms with Gasteiger partial charge in [-0.2, -0.15) is 13.2 Å². The maximum atomic E-state index is 12.9. The number of hydrogen-bond acceptors (Lipinski definition) is 4. The summed E-state index contributed by atoms with van der Waals surface area (Å²) < 4.78 is 44.3. The molecule has 0 bridgehead atoms. The number of amides is 1. The second kappa shape index (κ2) is 6.42. The van der Waals surface area contributed by atoms with Crippen molar-refractivity contribution in [1.82, 2.24) is 10.3 Å². The van der Waals surface area contributed by atoms with Gasteiger partial charge in [-0.3, -0.25) is 9.78 Å². The molecule has 2 fully saturated rings. The second-order valence-corrected chi connectivity index (χ2v) is 6.65. The number of carbonyl (C=O) groups excluding carboxylic acids is 1. The normalized spacial score (nSPS) is 21.0. The molecule has 5 nitrogen and oxygen atoms in total. The molecule has 1 saturated heterocycles. The Morgan fingerprint density at radius 2 is 2.08 bits per heavy atom. The molecule has 2 heterocycles. The summed E-state index contributed by atoms with van der Waals surface area (Å²) in [5, 5.41) is 3.56. The predicted octanol–water partition coefficient (Wildman–Crippen LogP) is 2.74. The minimum absolute atomic E-state index is 0.130. The third-order valence-electron chi connectivity index (χ3n) is 4.67. The Morgan fingerprint density at radius 1 is 1.27 bits per heavy atom. The summed E-state index contributed by atoms with van der Waals surface area (Å²) in [5.74, 6) is -0.130. The number of morpholine rings is 1. The molecule has 4 rings (SSSR count). The molecule has 1 aromatic carbocycles. The molecular weight excluding hydrogens is 347 g/mol. The maximum Gasteiger partial charge on any atom is 0.416 e. The van der Waals surface area contributed by atoms with Gasteiger partial charge in [-0.25, -0.2) is 0 Å². The van der Waals surface area contributed by atoms with Gasteiger partial charge in [0.1, 0.15) is 0 Å². The van der Waals surface area contributed by atoms with Crippen molar-refractivity contribution in [3.05, 3.63) is 36.0 Å². The fourth-order valence-electron chi connectivity index (χ4n) is 3.13. The summed E-state index contributed by atoms with van der Waals surface area (Å²) in [6, 6.07) is 5.57. The number of aromatic nitrogens is 1. The number of nitrogens with one attached hydrogen (secondary N) is 1. The van der Waals surface area contributed by atoms with Crippen LogP contribution in [0.3, 0.4) is 0 Å². The molecule has 1 saturated carbocycles. The van der Waals surface area contributed by atoms with Crippen LogP contribution in [0.4, 0.5) is 18.9 Å². The minimum atomic E-state index is -4.41. The van der Waals surface area contributed by atoms with E-state index < -0.39 is 17.8 Å². The highest BCUT2D eigenvalue weighted by Crippen LogP contribution is 2.34. The zero-order valence-corrected chi connectivity index (χ0v) is 13.9. The first-order valence-electron chi connectivity index (χ1n) is 8.55. The van der Waals surface area contributed by atoms with Crippen molar-refractivity contribution in [2.45, 2.75) is 31.2 Å². The molecule has 2 aromatic rings. The van der Waals surface area contributed by atoms with Gasteiger partial charge >= 0.3 is 6.18 Å². The Morgan fingerprint density at radius 3 is 2.81 bits per heavy atom. The summed E-state index contributed by atoms with van der Waals surface area (Å²) in [5.41, 5.74) is 0.317. The predicted molar refractivity (Wildman–Crippen MR) is 89.9 cm³/mol. The van der Waals surface area contributed by atoms with Gasteiger partial charge < -0.3 is 15.0 Å². The Labute approximate surface area is 148 Å². The topological polar surface area (TPSA) is 54.5 Å². The largest absolute Gasteiger partial charge is 0.416 e. The average molecular weight is 365 g/mol. The van der Waals surface area contributed by atoms with E-state index in [1.807, 2.05) is 4.90 Å². The monoisotopic (exact) mass is 365 g/mol. The number of anilines is 1. The number of alkyl halides is 3. The van der Waals surface area contributed by atoms with Gasteiger partial charge in [0.25, 0.3) is 5.91 Å². The Balaban J connectivity index is 1.60. The Kier molecular flexibility index (Phi) is 4.22. The van der Waals surface area contributed by atoms with E-state index >= 15 is 0 Å². The molecule has 26 heavy (non-hydrogen) atoms. The molecule has 8 heteroatoms. The Bertz CT molecular complexity index is 836. The Hall–Kier alpha value is -2.35. The van der Waals surface area contributed by atoms with Crippen LogP contribution in [0.2, 0.25) is 0 Å². The van der Waals surface area contributed by atoms with Crippen molar-refractivity contribution >= 4 is 22.5 Å². The number of rotatable bonds is 3. The van der Waals surface area contributed by atoms with Gasteiger partial charge in [0.2, 0.25) is 0 Å². The molecule has 138 valence electrons. The van der Waals surface area contributed by atoms with E-state index in [2.05, 4.69) is 10.3 Å². The third-order valence-corrected chi connectivity index (χ3v) is 4.67. The quantitative estimate of drug-likeness (QED) is 0.909. The lowest BCUT2D eigenvalue weighted by atomic mass is 10.1. The summed E-state index contributed by atoms with van der Waals surface area (Å²) in [6.45, 7) is 1.30. The first-order valence-corrected chi connectivity index (χ1v) is 8.55. The van der Waals surface area contributed by atoms with Crippen molar-refractivity contribution in [1.29, 1.82) is 0 Å². The van der Waals surface area contributed by atoms with Crippen LogP contribution in [0.15, 0.2) is 30.5 Å². The summed E-state index contributed by atoms with van der Waals surface area (Å²) in [6.07, 6.45) is -1.50. The minimum Gasteiger partial charge on any atom is -0.365 e. The van der Waals surface area contributed by atoms with Crippen molar-refractivity contribution in [3.8, 4) is 0 Å². The van der Waals surface area contributed by atoms with Gasteiger partial charge in [-0.15, -0.1) is 0 Å². The first kappa shape index (κ1) is 17.1. The van der Waals surface area contributed by atoms with Crippen molar-refractivity contribution < 1.29 is 22.7 Å². The molecular formula is C18H18F3N3O2. The lowest BCUT2D eigenvalue weighted by Gasteiger charge is -2.34. The molecule has 1 aliphatic heterocycles. The van der Waals surface area contributed by atoms with Crippen molar-refractivity contribution in [2.24, 2.45) is 0 Å². The van der Waals surface area contributed by atoms with Crippen LogP contribution in [0.5, 0.6) is 0 Å². The van der Waals surface area contributed by atoms with Gasteiger partial charge in [0.15, 0.2) is 6.10 Å². The molecule has 1 amide bonds. The average Bonchev–Trinajstić information content (AvgIpc) is 3.44. The number of pyridine rings is 1. The highest BCUT2D eigenvalue weighted by molar-refractivity contribution is 5.92. The van der Waals surface area contributed by atoms with Crippen LogP contribution < -0.4 is 10.2 Å². The van der Waals surface area contributed by atoms with E-state index in [0.29, 0.717) is 25.1 Å². The van der Waals surface area contributed by atoms with Gasteiger partial charge in [0.05, 0.1) is 24.2 Å². The van der Waals surface area contributed by atoms with Crippen LogP contribution in [-0.2, 0) is 15.7 Å². The van der Waals surface area contributed by atoms with Crippen LogP contribution in [0, 0.1) is 0 Å². The van der Waals surface area contributed by atoms with E-state index in [1.54, 1.807) is 6.07 Å².